The molecule has 3 rings (SSSR count). The lowest BCUT2D eigenvalue weighted by Crippen LogP contribution is -2.13. The third-order valence-electron chi connectivity index (χ3n) is 3.15. The molecule has 0 bridgehead atoms. The van der Waals surface area contributed by atoms with Gasteiger partial charge in [0.15, 0.2) is 0 Å². The molecule has 1 aliphatic heterocycles. The first-order chi connectivity index (χ1) is 9.92. The van der Waals surface area contributed by atoms with Gasteiger partial charge in [0.25, 0.3) is 0 Å². The van der Waals surface area contributed by atoms with Crippen molar-refractivity contribution in [1.82, 2.24) is 0 Å². The van der Waals surface area contributed by atoms with Gasteiger partial charge in [0, 0.05) is 11.3 Å². The predicted octanol–water partition coefficient (Wildman–Crippen LogP) is 3.77. The number of benzene rings is 2. The second-order valence-electron chi connectivity index (χ2n) is 4.77. The molecule has 0 saturated carbocycles. The smallest absolute Gasteiger partial charge is 0.0982 e. The normalized spacial score (nSPS) is 18.0. The van der Waals surface area contributed by atoms with Crippen LogP contribution in [-0.2, 0) is 11.3 Å². The highest BCUT2D eigenvalue weighted by atomic mass is 32.2. The van der Waals surface area contributed by atoms with Crippen LogP contribution in [0.4, 0.5) is 0 Å². The molecule has 102 valence electrons. The van der Waals surface area contributed by atoms with Crippen LogP contribution in [0.3, 0.4) is 0 Å². The maximum absolute atomic E-state index is 5.77. The minimum absolute atomic E-state index is 0.277. The fourth-order valence-electron chi connectivity index (χ4n) is 2.13. The number of hydrogen-bond donors (Lipinski definition) is 0. The Bertz CT molecular complexity index is 568. The minimum Gasteiger partial charge on any atom is -0.375 e. The summed E-state index contributed by atoms with van der Waals surface area (Å²) >= 11 is 1.82. The third-order valence-corrected chi connectivity index (χ3v) is 4.32. The van der Waals surface area contributed by atoms with Gasteiger partial charge in [-0.2, -0.15) is 0 Å². The van der Waals surface area contributed by atoms with Crippen molar-refractivity contribution in [2.24, 2.45) is 4.99 Å². The fourth-order valence-corrected chi connectivity index (χ4v) is 3.17. The van der Waals surface area contributed by atoms with Crippen molar-refractivity contribution in [3.63, 3.8) is 0 Å². The SMILES string of the molecule is c1ccc(COCC2CSC(c3ccccc3)=N2)cc1. The van der Waals surface area contributed by atoms with Gasteiger partial charge in [-0.1, -0.05) is 60.7 Å². The molecule has 0 amide bonds. The maximum atomic E-state index is 5.77. The van der Waals surface area contributed by atoms with Crippen LogP contribution in [0.5, 0.6) is 0 Å². The zero-order chi connectivity index (χ0) is 13.6. The van der Waals surface area contributed by atoms with Crippen LogP contribution >= 0.6 is 11.8 Å². The molecule has 0 fully saturated rings. The van der Waals surface area contributed by atoms with E-state index in [-0.39, 0.29) is 6.04 Å². The van der Waals surface area contributed by atoms with Crippen LogP contribution in [0.2, 0.25) is 0 Å². The average Bonchev–Trinajstić information content (AvgIpc) is 2.98. The Labute approximate surface area is 123 Å². The molecule has 0 aromatic heterocycles. The molecule has 2 nitrogen and oxygen atoms in total. The highest BCUT2D eigenvalue weighted by Crippen LogP contribution is 2.23. The summed E-state index contributed by atoms with van der Waals surface area (Å²) in [7, 11) is 0. The summed E-state index contributed by atoms with van der Waals surface area (Å²) in [6, 6.07) is 20.9. The summed E-state index contributed by atoms with van der Waals surface area (Å²) < 4.78 is 5.77. The van der Waals surface area contributed by atoms with Crippen LogP contribution < -0.4 is 0 Å². The number of thioether (sulfide) groups is 1. The third kappa shape index (κ3) is 3.50. The molecule has 0 spiro atoms. The lowest BCUT2D eigenvalue weighted by molar-refractivity contribution is 0.113. The molecule has 1 aliphatic rings. The second-order valence-corrected chi connectivity index (χ2v) is 5.77. The summed E-state index contributed by atoms with van der Waals surface area (Å²) in [6.07, 6.45) is 0. The molecule has 1 heterocycles. The van der Waals surface area contributed by atoms with Crippen LogP contribution in [-0.4, -0.2) is 23.4 Å². The van der Waals surface area contributed by atoms with E-state index < -0.39 is 0 Å². The molecule has 1 unspecified atom stereocenters. The summed E-state index contributed by atoms with van der Waals surface area (Å²) in [4.78, 5) is 4.74. The fraction of sp³-hybridized carbons (Fsp3) is 0.235. The molecule has 0 saturated heterocycles. The van der Waals surface area contributed by atoms with Gasteiger partial charge in [0.1, 0.15) is 0 Å². The number of hydrogen-bond acceptors (Lipinski definition) is 3. The molecule has 0 aliphatic carbocycles. The monoisotopic (exact) mass is 283 g/mol. The van der Waals surface area contributed by atoms with Gasteiger partial charge < -0.3 is 4.74 Å². The van der Waals surface area contributed by atoms with Crippen molar-refractivity contribution in [3.05, 3.63) is 71.8 Å². The molecule has 2 aromatic carbocycles. The lowest BCUT2D eigenvalue weighted by Gasteiger charge is -2.07. The Kier molecular flexibility index (Phi) is 4.51. The number of rotatable bonds is 5. The minimum atomic E-state index is 0.277. The molecular weight excluding hydrogens is 266 g/mol. The molecule has 20 heavy (non-hydrogen) atoms. The van der Waals surface area contributed by atoms with E-state index in [0.717, 1.165) is 10.8 Å². The van der Waals surface area contributed by atoms with Crippen molar-refractivity contribution in [2.45, 2.75) is 12.6 Å². The molecule has 0 N–H and O–H groups in total. The van der Waals surface area contributed by atoms with E-state index in [9.17, 15) is 0 Å². The topological polar surface area (TPSA) is 21.6 Å². The Morgan fingerprint density at radius 2 is 1.70 bits per heavy atom. The molecule has 0 radical (unpaired) electrons. The molecule has 1 atom stereocenters. The quantitative estimate of drug-likeness (QED) is 0.833. The van der Waals surface area contributed by atoms with Gasteiger partial charge in [-0.05, 0) is 5.56 Å². The first-order valence-corrected chi connectivity index (χ1v) is 7.78. The van der Waals surface area contributed by atoms with Crippen LogP contribution in [0.1, 0.15) is 11.1 Å². The van der Waals surface area contributed by atoms with E-state index in [0.29, 0.717) is 13.2 Å². The number of ether oxygens (including phenoxy) is 1. The summed E-state index contributed by atoms with van der Waals surface area (Å²) in [5, 5.41) is 1.14. The average molecular weight is 283 g/mol. The highest BCUT2D eigenvalue weighted by molar-refractivity contribution is 8.14. The molecular formula is C17H17NOS. The van der Waals surface area contributed by atoms with E-state index in [4.69, 9.17) is 9.73 Å². The summed E-state index contributed by atoms with van der Waals surface area (Å²) in [5.41, 5.74) is 2.42. The Morgan fingerprint density at radius 3 is 2.45 bits per heavy atom. The number of nitrogens with zero attached hydrogens (tertiary/aromatic N) is 1. The lowest BCUT2D eigenvalue weighted by atomic mass is 10.2. The van der Waals surface area contributed by atoms with Gasteiger partial charge >= 0.3 is 0 Å². The zero-order valence-corrected chi connectivity index (χ0v) is 12.1. The summed E-state index contributed by atoms with van der Waals surface area (Å²) in [5.74, 6) is 1.01. The van der Waals surface area contributed by atoms with Gasteiger partial charge in [-0.3, -0.25) is 4.99 Å². The zero-order valence-electron chi connectivity index (χ0n) is 11.2. The molecule has 3 heteroatoms. The predicted molar refractivity (Wildman–Crippen MR) is 85.3 cm³/mol. The Morgan fingerprint density at radius 1 is 1.00 bits per heavy atom. The van der Waals surface area contributed by atoms with Crippen molar-refractivity contribution < 1.29 is 4.74 Å². The van der Waals surface area contributed by atoms with Gasteiger partial charge in [-0.15, -0.1) is 11.8 Å². The van der Waals surface area contributed by atoms with Crippen LogP contribution in [0, 0.1) is 0 Å². The van der Waals surface area contributed by atoms with E-state index >= 15 is 0 Å². The highest BCUT2D eigenvalue weighted by Gasteiger charge is 2.19. The Balaban J connectivity index is 1.51. The Hall–Kier alpha value is -1.58. The second kappa shape index (κ2) is 6.73. The van der Waals surface area contributed by atoms with Crippen LogP contribution in [0.25, 0.3) is 0 Å². The van der Waals surface area contributed by atoms with Gasteiger partial charge in [0.05, 0.1) is 24.3 Å². The van der Waals surface area contributed by atoms with Crippen molar-refractivity contribution in [2.75, 3.05) is 12.4 Å². The summed E-state index contributed by atoms with van der Waals surface area (Å²) in [6.45, 7) is 1.36. The van der Waals surface area contributed by atoms with Crippen molar-refractivity contribution >= 4 is 16.8 Å². The van der Waals surface area contributed by atoms with Crippen molar-refractivity contribution in [3.8, 4) is 0 Å². The first kappa shape index (κ1) is 13.4. The molecule has 2 aromatic rings. The van der Waals surface area contributed by atoms with E-state index in [1.807, 2.05) is 36.0 Å². The van der Waals surface area contributed by atoms with Gasteiger partial charge in [-0.25, -0.2) is 0 Å². The maximum Gasteiger partial charge on any atom is 0.0982 e. The van der Waals surface area contributed by atoms with Crippen LogP contribution in [0.15, 0.2) is 65.7 Å². The van der Waals surface area contributed by atoms with E-state index in [1.54, 1.807) is 0 Å². The van der Waals surface area contributed by atoms with Gasteiger partial charge in [0.2, 0.25) is 0 Å². The van der Waals surface area contributed by atoms with E-state index in [1.165, 1.54) is 11.1 Å². The largest absolute Gasteiger partial charge is 0.375 e. The van der Waals surface area contributed by atoms with E-state index in [2.05, 4.69) is 36.4 Å². The number of aliphatic imine (C=N–C) groups is 1. The standard InChI is InChI=1S/C17H17NOS/c1-3-7-14(8-4-1)11-19-12-16-13-20-17(18-16)15-9-5-2-6-10-15/h1-10,16H,11-13H2. The first-order valence-electron chi connectivity index (χ1n) is 6.79. The van der Waals surface area contributed by atoms with Crippen molar-refractivity contribution in [1.29, 1.82) is 0 Å².